The Morgan fingerprint density at radius 3 is 2.95 bits per heavy atom. The van der Waals surface area contributed by atoms with Gasteiger partial charge < -0.3 is 14.0 Å². The Morgan fingerprint density at radius 1 is 1.19 bits per heavy atom. The molecule has 0 aliphatic carbocycles. The highest BCUT2D eigenvalue weighted by Gasteiger charge is 2.45. The lowest BCUT2D eigenvalue weighted by Gasteiger charge is -2.46. The fourth-order valence-electron chi connectivity index (χ4n) is 4.05. The summed E-state index contributed by atoms with van der Waals surface area (Å²) >= 11 is 0. The van der Waals surface area contributed by atoms with E-state index in [-0.39, 0.29) is 5.79 Å². The van der Waals surface area contributed by atoms with Gasteiger partial charge in [0.1, 0.15) is 5.82 Å². The summed E-state index contributed by atoms with van der Waals surface area (Å²) in [7, 11) is 0. The molecule has 21 heavy (non-hydrogen) atoms. The molecule has 1 aromatic heterocycles. The number of rotatable bonds is 0. The van der Waals surface area contributed by atoms with Gasteiger partial charge in [-0.3, -0.25) is 4.90 Å². The van der Waals surface area contributed by atoms with Crippen LogP contribution in [0.15, 0.2) is 24.3 Å². The van der Waals surface area contributed by atoms with Gasteiger partial charge in [-0.25, -0.2) is 4.98 Å². The molecule has 3 aliphatic heterocycles. The number of hydrogen-bond acceptors (Lipinski definition) is 4. The highest BCUT2D eigenvalue weighted by atomic mass is 16.7. The van der Waals surface area contributed by atoms with Crippen LogP contribution in [0.3, 0.4) is 0 Å². The molecule has 0 N–H and O–H groups in total. The van der Waals surface area contributed by atoms with E-state index in [2.05, 4.69) is 33.7 Å². The standard InChI is InChI=1S/C16H19N3O2/c1-2-4-14-13(3-1)17-15-10-18-11-16(20-7-8-21-16)6-5-12(18)9-19(14)15/h1-4,12H,5-11H2/t12-/m1/s1. The van der Waals surface area contributed by atoms with E-state index in [1.54, 1.807) is 0 Å². The maximum Gasteiger partial charge on any atom is 0.181 e. The van der Waals surface area contributed by atoms with Crippen LogP contribution in [0, 0.1) is 0 Å². The molecule has 0 radical (unpaired) electrons. The van der Waals surface area contributed by atoms with Gasteiger partial charge in [0, 0.05) is 19.0 Å². The monoisotopic (exact) mass is 285 g/mol. The smallest absolute Gasteiger partial charge is 0.181 e. The van der Waals surface area contributed by atoms with Gasteiger partial charge in [0.05, 0.1) is 37.3 Å². The van der Waals surface area contributed by atoms with Crippen LogP contribution in [-0.4, -0.2) is 46.0 Å². The second-order valence-electron chi connectivity index (χ2n) is 6.33. The van der Waals surface area contributed by atoms with Crippen LogP contribution < -0.4 is 0 Å². The van der Waals surface area contributed by atoms with E-state index in [0.717, 1.165) is 51.2 Å². The van der Waals surface area contributed by atoms with Crippen molar-refractivity contribution in [2.45, 2.75) is 37.8 Å². The van der Waals surface area contributed by atoms with Crippen molar-refractivity contribution in [2.75, 3.05) is 19.8 Å². The number of para-hydroxylation sites is 2. The quantitative estimate of drug-likeness (QED) is 0.739. The van der Waals surface area contributed by atoms with Crippen LogP contribution in [0.4, 0.5) is 0 Å². The van der Waals surface area contributed by atoms with Gasteiger partial charge in [0.2, 0.25) is 0 Å². The van der Waals surface area contributed by atoms with Crippen molar-refractivity contribution in [1.29, 1.82) is 0 Å². The first-order valence-corrected chi connectivity index (χ1v) is 7.79. The SMILES string of the molecule is c1ccc2c(c1)nc1n2C[C@H]2CCC3(CN2C1)OCCO3. The minimum absolute atomic E-state index is 0.343. The van der Waals surface area contributed by atoms with Crippen LogP contribution >= 0.6 is 0 Å². The minimum atomic E-state index is -0.343. The summed E-state index contributed by atoms with van der Waals surface area (Å²) in [6, 6.07) is 9.01. The van der Waals surface area contributed by atoms with E-state index in [1.807, 2.05) is 0 Å². The molecule has 1 atom stereocenters. The summed E-state index contributed by atoms with van der Waals surface area (Å²) in [6.45, 7) is 4.27. The van der Waals surface area contributed by atoms with Gasteiger partial charge >= 0.3 is 0 Å². The second-order valence-corrected chi connectivity index (χ2v) is 6.33. The Kier molecular flexibility index (Phi) is 2.48. The van der Waals surface area contributed by atoms with Crippen LogP contribution in [-0.2, 0) is 22.6 Å². The molecule has 0 saturated carbocycles. The van der Waals surface area contributed by atoms with Crippen LogP contribution in [0.5, 0.6) is 0 Å². The number of ether oxygens (including phenoxy) is 2. The zero-order chi connectivity index (χ0) is 13.9. The summed E-state index contributed by atoms with van der Waals surface area (Å²) in [5.74, 6) is 0.826. The Bertz CT molecular complexity index is 690. The molecule has 4 heterocycles. The first-order valence-electron chi connectivity index (χ1n) is 7.79. The number of benzene rings is 1. The average Bonchev–Trinajstić information content (AvgIpc) is 3.09. The van der Waals surface area contributed by atoms with Gasteiger partial charge in [0.25, 0.3) is 0 Å². The minimum Gasteiger partial charge on any atom is -0.346 e. The van der Waals surface area contributed by atoms with E-state index >= 15 is 0 Å². The number of imidazole rings is 1. The van der Waals surface area contributed by atoms with E-state index in [0.29, 0.717) is 6.04 Å². The molecule has 5 rings (SSSR count). The summed E-state index contributed by atoms with van der Waals surface area (Å²) in [6.07, 6.45) is 2.14. The van der Waals surface area contributed by atoms with E-state index in [1.165, 1.54) is 11.3 Å². The number of nitrogens with zero attached hydrogens (tertiary/aromatic N) is 3. The van der Waals surface area contributed by atoms with Crippen molar-refractivity contribution in [3.05, 3.63) is 30.1 Å². The van der Waals surface area contributed by atoms with E-state index < -0.39 is 0 Å². The topological polar surface area (TPSA) is 39.5 Å². The Labute approximate surface area is 123 Å². The van der Waals surface area contributed by atoms with Gasteiger partial charge in [-0.15, -0.1) is 0 Å². The zero-order valence-corrected chi connectivity index (χ0v) is 12.0. The predicted molar refractivity (Wildman–Crippen MR) is 77.8 cm³/mol. The summed E-state index contributed by atoms with van der Waals surface area (Å²) in [5.41, 5.74) is 2.37. The molecule has 1 aromatic carbocycles. The van der Waals surface area contributed by atoms with Crippen molar-refractivity contribution in [3.8, 4) is 0 Å². The van der Waals surface area contributed by atoms with Gasteiger partial charge in [-0.2, -0.15) is 0 Å². The number of fused-ring (bicyclic) bond motifs is 4. The second kappa shape index (κ2) is 4.29. The molecule has 2 saturated heterocycles. The summed E-state index contributed by atoms with van der Waals surface area (Å²) in [5, 5.41) is 0. The van der Waals surface area contributed by atoms with Crippen molar-refractivity contribution >= 4 is 11.0 Å². The molecule has 3 aliphatic rings. The number of aromatic nitrogens is 2. The van der Waals surface area contributed by atoms with E-state index in [4.69, 9.17) is 14.5 Å². The van der Waals surface area contributed by atoms with E-state index in [9.17, 15) is 0 Å². The van der Waals surface area contributed by atoms with Gasteiger partial charge in [-0.1, -0.05) is 12.1 Å². The third-order valence-corrected chi connectivity index (χ3v) is 5.10. The van der Waals surface area contributed by atoms with Crippen LogP contribution in [0.25, 0.3) is 11.0 Å². The fraction of sp³-hybridized carbons (Fsp3) is 0.562. The third-order valence-electron chi connectivity index (χ3n) is 5.10. The molecule has 2 aromatic rings. The Balaban J connectivity index is 1.50. The lowest BCUT2D eigenvalue weighted by atomic mass is 9.95. The predicted octanol–water partition coefficient (Wildman–Crippen LogP) is 1.76. The fourth-order valence-corrected chi connectivity index (χ4v) is 4.05. The van der Waals surface area contributed by atoms with Crippen LogP contribution in [0.1, 0.15) is 18.7 Å². The molecule has 110 valence electrons. The number of piperidine rings is 1. The maximum absolute atomic E-state index is 5.89. The van der Waals surface area contributed by atoms with Crippen molar-refractivity contribution < 1.29 is 9.47 Å². The Hall–Kier alpha value is -1.43. The average molecular weight is 285 g/mol. The summed E-state index contributed by atoms with van der Waals surface area (Å²) < 4.78 is 14.2. The lowest BCUT2D eigenvalue weighted by molar-refractivity contribution is -0.202. The molecule has 0 amide bonds. The van der Waals surface area contributed by atoms with Crippen LogP contribution in [0.2, 0.25) is 0 Å². The Morgan fingerprint density at radius 2 is 2.05 bits per heavy atom. The molecule has 2 fully saturated rings. The van der Waals surface area contributed by atoms with Crippen molar-refractivity contribution in [3.63, 3.8) is 0 Å². The molecule has 1 spiro atoms. The molecule has 5 nitrogen and oxygen atoms in total. The zero-order valence-electron chi connectivity index (χ0n) is 12.0. The normalized spacial score (nSPS) is 27.9. The molecular formula is C16H19N3O2. The summed E-state index contributed by atoms with van der Waals surface area (Å²) in [4.78, 5) is 7.30. The van der Waals surface area contributed by atoms with Gasteiger partial charge in [0.15, 0.2) is 5.79 Å². The third kappa shape index (κ3) is 1.78. The first kappa shape index (κ1) is 12.1. The number of hydrogen-bond donors (Lipinski definition) is 0. The highest BCUT2D eigenvalue weighted by molar-refractivity contribution is 5.76. The largest absolute Gasteiger partial charge is 0.346 e. The lowest BCUT2D eigenvalue weighted by Crippen LogP contribution is -2.56. The van der Waals surface area contributed by atoms with Gasteiger partial charge in [-0.05, 0) is 18.6 Å². The molecule has 5 heteroatoms. The molecule has 0 bridgehead atoms. The first-order chi connectivity index (χ1) is 10.3. The maximum atomic E-state index is 5.89. The van der Waals surface area contributed by atoms with Crippen molar-refractivity contribution in [1.82, 2.24) is 14.5 Å². The van der Waals surface area contributed by atoms with Crippen molar-refractivity contribution in [2.24, 2.45) is 0 Å². The molecule has 0 unspecified atom stereocenters. The highest BCUT2D eigenvalue weighted by Crippen LogP contribution is 2.36. The molecular weight excluding hydrogens is 266 g/mol.